The van der Waals surface area contributed by atoms with E-state index in [-0.39, 0.29) is 6.03 Å². The minimum atomic E-state index is 0.158. The lowest BCUT2D eigenvalue weighted by Gasteiger charge is -2.34. The fraction of sp³-hybridized carbons (Fsp3) is 0.889. The third kappa shape index (κ3) is 2.59. The van der Waals surface area contributed by atoms with Gasteiger partial charge < -0.3 is 14.5 Å². The van der Waals surface area contributed by atoms with E-state index in [1.165, 1.54) is 0 Å². The standard InChI is InChI=1S/C9H18N2O2/c1-3-10-5-4-6-11(9(10)12)7-8-13-2/h3-8H2,1-2H3. The van der Waals surface area contributed by atoms with Gasteiger partial charge in [0.05, 0.1) is 6.61 Å². The highest BCUT2D eigenvalue weighted by Crippen LogP contribution is 2.07. The fourth-order valence-electron chi connectivity index (χ4n) is 1.55. The zero-order valence-corrected chi connectivity index (χ0v) is 8.45. The first kappa shape index (κ1) is 10.3. The van der Waals surface area contributed by atoms with Crippen molar-refractivity contribution in [2.24, 2.45) is 0 Å². The lowest BCUT2D eigenvalue weighted by molar-refractivity contribution is 0.108. The predicted octanol–water partition coefficient (Wildman–Crippen LogP) is 0.780. The summed E-state index contributed by atoms with van der Waals surface area (Å²) in [5, 5.41) is 0. The van der Waals surface area contributed by atoms with E-state index in [0.29, 0.717) is 13.2 Å². The highest BCUT2D eigenvalue weighted by Gasteiger charge is 2.23. The van der Waals surface area contributed by atoms with Gasteiger partial charge >= 0.3 is 6.03 Å². The van der Waals surface area contributed by atoms with Gasteiger partial charge in [0.15, 0.2) is 0 Å². The number of nitrogens with zero attached hydrogens (tertiary/aromatic N) is 2. The molecule has 1 aliphatic heterocycles. The van der Waals surface area contributed by atoms with Gasteiger partial charge in [-0.1, -0.05) is 0 Å². The average molecular weight is 186 g/mol. The van der Waals surface area contributed by atoms with Gasteiger partial charge in [-0.2, -0.15) is 0 Å². The van der Waals surface area contributed by atoms with Gasteiger partial charge in [0.1, 0.15) is 0 Å². The van der Waals surface area contributed by atoms with Crippen molar-refractivity contribution in [1.29, 1.82) is 0 Å². The van der Waals surface area contributed by atoms with Crippen LogP contribution in [0.3, 0.4) is 0 Å². The molecule has 13 heavy (non-hydrogen) atoms. The number of carbonyl (C=O) groups is 1. The Hall–Kier alpha value is -0.770. The molecule has 2 amide bonds. The molecule has 1 saturated heterocycles. The van der Waals surface area contributed by atoms with E-state index >= 15 is 0 Å². The molecule has 1 fully saturated rings. The third-order valence-corrected chi connectivity index (χ3v) is 2.34. The van der Waals surface area contributed by atoms with Gasteiger partial charge in [0.25, 0.3) is 0 Å². The maximum absolute atomic E-state index is 11.7. The van der Waals surface area contributed by atoms with Crippen LogP contribution in [0.15, 0.2) is 0 Å². The number of urea groups is 1. The molecule has 0 saturated carbocycles. The first-order valence-electron chi connectivity index (χ1n) is 4.82. The second kappa shape index (κ2) is 5.07. The molecule has 0 aromatic rings. The summed E-state index contributed by atoms with van der Waals surface area (Å²) in [6, 6.07) is 0.158. The number of amides is 2. The minimum Gasteiger partial charge on any atom is -0.383 e. The van der Waals surface area contributed by atoms with Crippen molar-refractivity contribution in [2.75, 3.05) is 39.9 Å². The second-order valence-electron chi connectivity index (χ2n) is 3.20. The number of hydrogen-bond acceptors (Lipinski definition) is 2. The first-order chi connectivity index (χ1) is 6.29. The summed E-state index contributed by atoms with van der Waals surface area (Å²) < 4.78 is 4.95. The Bertz CT molecular complexity index is 173. The zero-order valence-electron chi connectivity index (χ0n) is 8.45. The van der Waals surface area contributed by atoms with Crippen LogP contribution in [0, 0.1) is 0 Å². The van der Waals surface area contributed by atoms with Crippen LogP contribution in [-0.2, 0) is 4.74 Å². The topological polar surface area (TPSA) is 32.8 Å². The fourth-order valence-corrected chi connectivity index (χ4v) is 1.55. The van der Waals surface area contributed by atoms with Crippen LogP contribution in [0.5, 0.6) is 0 Å². The van der Waals surface area contributed by atoms with Crippen molar-refractivity contribution >= 4 is 6.03 Å². The lowest BCUT2D eigenvalue weighted by atomic mass is 10.3. The molecule has 76 valence electrons. The molecular weight excluding hydrogens is 168 g/mol. The molecular formula is C9H18N2O2. The normalized spacial score (nSPS) is 18.2. The Morgan fingerprint density at radius 3 is 2.69 bits per heavy atom. The summed E-state index contributed by atoms with van der Waals surface area (Å²) in [6.07, 6.45) is 1.07. The van der Waals surface area contributed by atoms with Gasteiger partial charge in [-0.25, -0.2) is 4.79 Å². The molecule has 1 aliphatic rings. The van der Waals surface area contributed by atoms with E-state index in [4.69, 9.17) is 4.74 Å². The Morgan fingerprint density at radius 1 is 1.38 bits per heavy atom. The Labute approximate surface area is 79.4 Å². The second-order valence-corrected chi connectivity index (χ2v) is 3.20. The first-order valence-corrected chi connectivity index (χ1v) is 4.82. The van der Waals surface area contributed by atoms with Crippen LogP contribution < -0.4 is 0 Å². The van der Waals surface area contributed by atoms with E-state index in [1.807, 2.05) is 16.7 Å². The van der Waals surface area contributed by atoms with Crippen molar-refractivity contribution in [3.8, 4) is 0 Å². The molecule has 0 unspecified atom stereocenters. The van der Waals surface area contributed by atoms with Crippen molar-refractivity contribution < 1.29 is 9.53 Å². The maximum Gasteiger partial charge on any atom is 0.320 e. The van der Waals surface area contributed by atoms with Crippen LogP contribution in [0.2, 0.25) is 0 Å². The van der Waals surface area contributed by atoms with Gasteiger partial charge in [-0.3, -0.25) is 0 Å². The quantitative estimate of drug-likeness (QED) is 0.650. The van der Waals surface area contributed by atoms with Crippen LogP contribution in [0.4, 0.5) is 4.79 Å². The van der Waals surface area contributed by atoms with Gasteiger partial charge in [-0.15, -0.1) is 0 Å². The highest BCUT2D eigenvalue weighted by atomic mass is 16.5. The van der Waals surface area contributed by atoms with Crippen LogP contribution >= 0.6 is 0 Å². The Morgan fingerprint density at radius 2 is 2.08 bits per heavy atom. The van der Waals surface area contributed by atoms with Gasteiger partial charge in [0, 0.05) is 33.3 Å². The summed E-state index contributed by atoms with van der Waals surface area (Å²) in [6.45, 7) is 5.94. The molecule has 0 atom stereocenters. The molecule has 0 spiro atoms. The molecule has 0 bridgehead atoms. The van der Waals surface area contributed by atoms with Crippen molar-refractivity contribution in [2.45, 2.75) is 13.3 Å². The smallest absolute Gasteiger partial charge is 0.320 e. The lowest BCUT2D eigenvalue weighted by Crippen LogP contribution is -2.49. The molecule has 1 heterocycles. The molecule has 4 heteroatoms. The summed E-state index contributed by atoms with van der Waals surface area (Å²) in [5.74, 6) is 0. The SMILES string of the molecule is CCN1CCCN(CCOC)C1=O. The van der Waals surface area contributed by atoms with E-state index < -0.39 is 0 Å². The van der Waals surface area contributed by atoms with Crippen LogP contribution in [0.1, 0.15) is 13.3 Å². The Kier molecular flexibility index (Phi) is 4.02. The Balaban J connectivity index is 2.40. The van der Waals surface area contributed by atoms with Crippen molar-refractivity contribution in [3.05, 3.63) is 0 Å². The number of methoxy groups -OCH3 is 1. The van der Waals surface area contributed by atoms with Gasteiger partial charge in [0.2, 0.25) is 0 Å². The molecule has 0 radical (unpaired) electrons. The van der Waals surface area contributed by atoms with Gasteiger partial charge in [-0.05, 0) is 13.3 Å². The monoisotopic (exact) mass is 186 g/mol. The average Bonchev–Trinajstić information content (AvgIpc) is 2.16. The van der Waals surface area contributed by atoms with E-state index in [1.54, 1.807) is 7.11 Å². The predicted molar refractivity (Wildman–Crippen MR) is 50.7 cm³/mol. The molecule has 0 aliphatic carbocycles. The maximum atomic E-state index is 11.7. The van der Waals surface area contributed by atoms with Crippen LogP contribution in [0.25, 0.3) is 0 Å². The number of ether oxygens (including phenoxy) is 1. The van der Waals surface area contributed by atoms with E-state index in [2.05, 4.69) is 0 Å². The summed E-state index contributed by atoms with van der Waals surface area (Å²) in [4.78, 5) is 15.4. The number of carbonyl (C=O) groups excluding carboxylic acids is 1. The third-order valence-electron chi connectivity index (χ3n) is 2.34. The molecule has 0 N–H and O–H groups in total. The number of rotatable bonds is 4. The van der Waals surface area contributed by atoms with E-state index in [9.17, 15) is 4.79 Å². The summed E-state index contributed by atoms with van der Waals surface area (Å²) in [5.41, 5.74) is 0. The van der Waals surface area contributed by atoms with Crippen molar-refractivity contribution in [1.82, 2.24) is 9.80 Å². The van der Waals surface area contributed by atoms with Crippen molar-refractivity contribution in [3.63, 3.8) is 0 Å². The van der Waals surface area contributed by atoms with Crippen LogP contribution in [-0.4, -0.2) is 55.7 Å². The molecule has 1 rings (SSSR count). The molecule has 4 nitrogen and oxygen atoms in total. The highest BCUT2D eigenvalue weighted by molar-refractivity contribution is 5.75. The molecule has 0 aromatic heterocycles. The van der Waals surface area contributed by atoms with E-state index in [0.717, 1.165) is 26.1 Å². The largest absolute Gasteiger partial charge is 0.383 e. The summed E-state index contributed by atoms with van der Waals surface area (Å²) >= 11 is 0. The summed E-state index contributed by atoms with van der Waals surface area (Å²) in [7, 11) is 1.66. The molecule has 0 aromatic carbocycles. The minimum absolute atomic E-state index is 0.158. The number of hydrogen-bond donors (Lipinski definition) is 0. The zero-order chi connectivity index (χ0) is 9.68.